The highest BCUT2D eigenvalue weighted by atomic mass is 14.7. The molecule has 0 N–H and O–H groups in total. The number of aromatic nitrogens is 1. The Bertz CT molecular complexity index is 467. The molecule has 2 atom stereocenters. The summed E-state index contributed by atoms with van der Waals surface area (Å²) in [5, 5.41) is 0. The van der Waals surface area contributed by atoms with Gasteiger partial charge in [0, 0.05) is 17.3 Å². The Balaban J connectivity index is 2.26. The van der Waals surface area contributed by atoms with Crippen LogP contribution in [0.15, 0.2) is 6.20 Å². The zero-order chi connectivity index (χ0) is 14.0. The van der Waals surface area contributed by atoms with Crippen LogP contribution in [0.4, 0.5) is 0 Å². The molecule has 0 spiro atoms. The standard InChI is InChI=1S/C18H27N/c1-17(2,3)13-10-19-16(18(4,5)6)15-12-8-7-11(9-12)14(13)15/h10-12H,7-9H2,1-6H3. The first-order valence-corrected chi connectivity index (χ1v) is 7.73. The van der Waals surface area contributed by atoms with Crippen LogP contribution in [0.5, 0.6) is 0 Å². The van der Waals surface area contributed by atoms with Gasteiger partial charge in [-0.3, -0.25) is 4.98 Å². The Hall–Kier alpha value is -0.850. The van der Waals surface area contributed by atoms with E-state index in [2.05, 4.69) is 47.7 Å². The number of hydrogen-bond donors (Lipinski definition) is 0. The van der Waals surface area contributed by atoms with Crippen molar-refractivity contribution in [2.75, 3.05) is 0 Å². The molecule has 1 heterocycles. The van der Waals surface area contributed by atoms with Crippen molar-refractivity contribution in [1.29, 1.82) is 0 Å². The maximum atomic E-state index is 4.91. The Morgan fingerprint density at radius 1 is 0.895 bits per heavy atom. The van der Waals surface area contributed by atoms with Gasteiger partial charge in [0.2, 0.25) is 0 Å². The van der Waals surface area contributed by atoms with E-state index < -0.39 is 0 Å². The van der Waals surface area contributed by atoms with E-state index in [-0.39, 0.29) is 10.8 Å². The highest BCUT2D eigenvalue weighted by Gasteiger charge is 2.43. The van der Waals surface area contributed by atoms with Gasteiger partial charge in [0.15, 0.2) is 0 Å². The van der Waals surface area contributed by atoms with Crippen LogP contribution in [0.1, 0.15) is 95.0 Å². The molecule has 2 bridgehead atoms. The molecular formula is C18H27N. The van der Waals surface area contributed by atoms with Crippen LogP contribution < -0.4 is 0 Å². The second-order valence-corrected chi connectivity index (χ2v) is 8.55. The topological polar surface area (TPSA) is 12.9 Å². The molecule has 0 aliphatic heterocycles. The molecule has 1 heteroatoms. The molecule has 1 aromatic heterocycles. The molecule has 0 amide bonds. The Morgan fingerprint density at radius 3 is 2.00 bits per heavy atom. The van der Waals surface area contributed by atoms with Gasteiger partial charge in [-0.15, -0.1) is 0 Å². The molecule has 104 valence electrons. The summed E-state index contributed by atoms with van der Waals surface area (Å²) in [6.45, 7) is 13.9. The zero-order valence-corrected chi connectivity index (χ0v) is 13.3. The monoisotopic (exact) mass is 257 g/mol. The van der Waals surface area contributed by atoms with E-state index in [0.717, 1.165) is 11.8 Å². The lowest BCUT2D eigenvalue weighted by Crippen LogP contribution is -2.23. The summed E-state index contributed by atoms with van der Waals surface area (Å²) in [5.74, 6) is 1.61. The third kappa shape index (κ3) is 1.93. The van der Waals surface area contributed by atoms with Crippen molar-refractivity contribution in [3.8, 4) is 0 Å². The number of pyridine rings is 1. The average Bonchev–Trinajstić information content (AvgIpc) is 2.85. The van der Waals surface area contributed by atoms with Gasteiger partial charge in [0.05, 0.1) is 0 Å². The third-order valence-electron chi connectivity index (χ3n) is 4.93. The summed E-state index contributed by atoms with van der Waals surface area (Å²) in [4.78, 5) is 4.91. The molecule has 2 unspecified atom stereocenters. The quantitative estimate of drug-likeness (QED) is 0.634. The fourth-order valence-electron chi connectivity index (χ4n) is 4.10. The van der Waals surface area contributed by atoms with E-state index >= 15 is 0 Å². The molecule has 2 aliphatic carbocycles. The van der Waals surface area contributed by atoms with Crippen molar-refractivity contribution in [3.05, 3.63) is 28.6 Å². The molecule has 3 rings (SSSR count). The number of nitrogens with zero attached hydrogens (tertiary/aromatic N) is 1. The Labute approximate surface area is 117 Å². The fraction of sp³-hybridized carbons (Fsp3) is 0.722. The second-order valence-electron chi connectivity index (χ2n) is 8.55. The molecule has 1 nitrogen and oxygen atoms in total. The van der Waals surface area contributed by atoms with Gasteiger partial charge in [-0.2, -0.15) is 0 Å². The van der Waals surface area contributed by atoms with E-state index in [9.17, 15) is 0 Å². The maximum absolute atomic E-state index is 4.91. The largest absolute Gasteiger partial charge is 0.260 e. The maximum Gasteiger partial charge on any atom is 0.0494 e. The van der Waals surface area contributed by atoms with Crippen molar-refractivity contribution >= 4 is 0 Å². The van der Waals surface area contributed by atoms with E-state index in [1.807, 2.05) is 0 Å². The molecule has 19 heavy (non-hydrogen) atoms. The number of hydrogen-bond acceptors (Lipinski definition) is 1. The van der Waals surface area contributed by atoms with Gasteiger partial charge in [0.25, 0.3) is 0 Å². The Morgan fingerprint density at radius 2 is 1.47 bits per heavy atom. The van der Waals surface area contributed by atoms with Crippen LogP contribution in [0.2, 0.25) is 0 Å². The van der Waals surface area contributed by atoms with Crippen LogP contribution in [0.25, 0.3) is 0 Å². The lowest BCUT2D eigenvalue weighted by Gasteiger charge is -2.31. The van der Waals surface area contributed by atoms with Crippen molar-refractivity contribution in [2.45, 2.75) is 83.5 Å². The minimum Gasteiger partial charge on any atom is -0.260 e. The first-order chi connectivity index (χ1) is 8.69. The van der Waals surface area contributed by atoms with Gasteiger partial charge in [-0.1, -0.05) is 41.5 Å². The van der Waals surface area contributed by atoms with E-state index in [4.69, 9.17) is 4.98 Å². The van der Waals surface area contributed by atoms with Crippen LogP contribution in [-0.2, 0) is 10.8 Å². The molecule has 1 fully saturated rings. The summed E-state index contributed by atoms with van der Waals surface area (Å²) in [6.07, 6.45) is 6.34. The summed E-state index contributed by atoms with van der Waals surface area (Å²) >= 11 is 0. The highest BCUT2D eigenvalue weighted by molar-refractivity contribution is 5.51. The Kier molecular flexibility index (Phi) is 2.65. The zero-order valence-electron chi connectivity index (χ0n) is 13.3. The number of fused-ring (bicyclic) bond motifs is 5. The predicted molar refractivity (Wildman–Crippen MR) is 81.0 cm³/mol. The van der Waals surface area contributed by atoms with Crippen LogP contribution in [-0.4, -0.2) is 4.98 Å². The molecule has 1 aromatic rings. The predicted octanol–water partition coefficient (Wildman–Crippen LogP) is 5.04. The summed E-state index contributed by atoms with van der Waals surface area (Å²) in [7, 11) is 0. The summed E-state index contributed by atoms with van der Waals surface area (Å²) in [6, 6.07) is 0. The van der Waals surface area contributed by atoms with Gasteiger partial charge < -0.3 is 0 Å². The van der Waals surface area contributed by atoms with E-state index in [0.29, 0.717) is 0 Å². The smallest absolute Gasteiger partial charge is 0.0494 e. The molecule has 0 radical (unpaired) electrons. The lowest BCUT2D eigenvalue weighted by atomic mass is 9.75. The summed E-state index contributed by atoms with van der Waals surface area (Å²) in [5.41, 5.74) is 6.58. The van der Waals surface area contributed by atoms with Crippen molar-refractivity contribution in [1.82, 2.24) is 4.98 Å². The fourth-order valence-corrected chi connectivity index (χ4v) is 4.10. The lowest BCUT2D eigenvalue weighted by molar-refractivity contribution is 0.531. The van der Waals surface area contributed by atoms with Gasteiger partial charge >= 0.3 is 0 Å². The minimum absolute atomic E-state index is 0.172. The third-order valence-corrected chi connectivity index (χ3v) is 4.93. The van der Waals surface area contributed by atoms with Crippen molar-refractivity contribution < 1.29 is 0 Å². The van der Waals surface area contributed by atoms with Crippen molar-refractivity contribution in [3.63, 3.8) is 0 Å². The number of rotatable bonds is 0. The highest BCUT2D eigenvalue weighted by Crippen LogP contribution is 2.57. The first kappa shape index (κ1) is 13.1. The van der Waals surface area contributed by atoms with Gasteiger partial charge in [0.1, 0.15) is 0 Å². The summed E-state index contributed by atoms with van der Waals surface area (Å²) < 4.78 is 0. The first-order valence-electron chi connectivity index (χ1n) is 7.73. The normalized spacial score (nSPS) is 25.8. The van der Waals surface area contributed by atoms with Crippen LogP contribution in [0, 0.1) is 0 Å². The van der Waals surface area contributed by atoms with Gasteiger partial charge in [-0.25, -0.2) is 0 Å². The average molecular weight is 257 g/mol. The van der Waals surface area contributed by atoms with Gasteiger partial charge in [-0.05, 0) is 53.2 Å². The van der Waals surface area contributed by atoms with Crippen LogP contribution >= 0.6 is 0 Å². The molecule has 0 aromatic carbocycles. The molecule has 0 saturated heterocycles. The van der Waals surface area contributed by atoms with E-state index in [1.165, 1.54) is 30.5 Å². The SMILES string of the molecule is CC(C)(C)c1cnc(C(C)(C)C)c2c1C1CCC2C1. The van der Waals surface area contributed by atoms with E-state index in [1.54, 1.807) is 11.1 Å². The molecule has 2 aliphatic rings. The van der Waals surface area contributed by atoms with Crippen LogP contribution in [0.3, 0.4) is 0 Å². The second kappa shape index (κ2) is 3.84. The molecule has 1 saturated carbocycles. The van der Waals surface area contributed by atoms with Crippen molar-refractivity contribution in [2.24, 2.45) is 0 Å². The minimum atomic E-state index is 0.172. The molecular weight excluding hydrogens is 230 g/mol.